The second kappa shape index (κ2) is 8.19. The summed E-state index contributed by atoms with van der Waals surface area (Å²) in [6, 6.07) is 6.63. The minimum Gasteiger partial charge on any atom is -0.496 e. The van der Waals surface area contributed by atoms with Crippen LogP contribution in [0.15, 0.2) is 18.2 Å². The lowest BCUT2D eigenvalue weighted by atomic mass is 9.83. The maximum Gasteiger partial charge on any atom is 0.127 e. The van der Waals surface area contributed by atoms with Crippen LogP contribution in [0.1, 0.15) is 31.7 Å². The highest BCUT2D eigenvalue weighted by atomic mass is 16.5. The van der Waals surface area contributed by atoms with Crippen LogP contribution in [0.25, 0.3) is 0 Å². The fourth-order valence-corrected chi connectivity index (χ4v) is 4.29. The minimum atomic E-state index is 0.595. The number of ether oxygens (including phenoxy) is 2. The third kappa shape index (κ3) is 3.68. The third-order valence-corrected chi connectivity index (χ3v) is 5.63. The number of methoxy groups -OCH3 is 2. The van der Waals surface area contributed by atoms with Gasteiger partial charge in [-0.2, -0.15) is 0 Å². The molecule has 3 unspecified atom stereocenters. The molecule has 2 saturated heterocycles. The topological polar surface area (TPSA) is 45.8 Å². The second-order valence-corrected chi connectivity index (χ2v) is 7.00. The van der Waals surface area contributed by atoms with E-state index in [1.165, 1.54) is 19.3 Å². The van der Waals surface area contributed by atoms with Crippen LogP contribution >= 0.6 is 0 Å². The molecule has 134 valence electrons. The molecule has 0 amide bonds. The minimum absolute atomic E-state index is 0.595. The smallest absolute Gasteiger partial charge is 0.127 e. The van der Waals surface area contributed by atoms with Crippen LogP contribution in [0.5, 0.6) is 11.5 Å². The molecule has 3 rings (SSSR count). The van der Waals surface area contributed by atoms with Crippen molar-refractivity contribution in [1.82, 2.24) is 15.8 Å². The highest BCUT2D eigenvalue weighted by Gasteiger charge is 2.35. The van der Waals surface area contributed by atoms with Gasteiger partial charge in [-0.15, -0.1) is 0 Å². The van der Waals surface area contributed by atoms with Crippen LogP contribution in [0.2, 0.25) is 0 Å². The monoisotopic (exact) mass is 333 g/mol. The number of rotatable bonds is 6. The first kappa shape index (κ1) is 17.5. The van der Waals surface area contributed by atoms with Crippen LogP contribution in [0.3, 0.4) is 0 Å². The number of hydrogen-bond donors (Lipinski definition) is 2. The van der Waals surface area contributed by atoms with Gasteiger partial charge in [0.1, 0.15) is 11.5 Å². The van der Waals surface area contributed by atoms with Gasteiger partial charge in [-0.25, -0.2) is 0 Å². The van der Waals surface area contributed by atoms with Crippen molar-refractivity contribution in [3.8, 4) is 11.5 Å². The Hall–Kier alpha value is -1.30. The summed E-state index contributed by atoms with van der Waals surface area (Å²) >= 11 is 0. The van der Waals surface area contributed by atoms with E-state index in [-0.39, 0.29) is 0 Å². The van der Waals surface area contributed by atoms with E-state index in [1.54, 1.807) is 14.2 Å². The van der Waals surface area contributed by atoms with Crippen LogP contribution < -0.4 is 20.3 Å². The van der Waals surface area contributed by atoms with Crippen LogP contribution in [0, 0.1) is 11.8 Å². The van der Waals surface area contributed by atoms with E-state index < -0.39 is 0 Å². The first-order valence-electron chi connectivity index (χ1n) is 9.17. The van der Waals surface area contributed by atoms with Gasteiger partial charge in [-0.1, -0.05) is 19.4 Å². The van der Waals surface area contributed by atoms with Crippen molar-refractivity contribution in [2.45, 2.75) is 38.8 Å². The SMILES string of the molecule is CCC1CNNC1C1CCCN(Cc2c(OC)cccc2OC)C1. The maximum absolute atomic E-state index is 5.56. The summed E-state index contributed by atoms with van der Waals surface area (Å²) in [6.07, 6.45) is 3.81. The number of hydrogen-bond acceptors (Lipinski definition) is 5. The average Bonchev–Trinajstić information content (AvgIpc) is 3.11. The number of likely N-dealkylation sites (tertiary alicyclic amines) is 1. The molecule has 1 aromatic rings. The second-order valence-electron chi connectivity index (χ2n) is 7.00. The summed E-state index contributed by atoms with van der Waals surface area (Å²) in [7, 11) is 3.47. The molecule has 0 aliphatic carbocycles. The zero-order valence-corrected chi connectivity index (χ0v) is 15.2. The Bertz CT molecular complexity index is 515. The summed E-state index contributed by atoms with van der Waals surface area (Å²) < 4.78 is 11.1. The van der Waals surface area contributed by atoms with E-state index in [2.05, 4.69) is 22.7 Å². The Kier molecular flexibility index (Phi) is 5.98. The standard InChI is InChI=1S/C19H31N3O2/c1-4-14-11-20-21-19(14)15-7-6-10-22(12-15)13-16-17(23-2)8-5-9-18(16)24-3/h5,8-9,14-15,19-21H,4,6-7,10-13H2,1-3H3. The van der Waals surface area contributed by atoms with Gasteiger partial charge in [0, 0.05) is 25.7 Å². The molecule has 0 radical (unpaired) electrons. The van der Waals surface area contributed by atoms with E-state index >= 15 is 0 Å². The Balaban J connectivity index is 1.70. The van der Waals surface area contributed by atoms with Crippen molar-refractivity contribution >= 4 is 0 Å². The fraction of sp³-hybridized carbons (Fsp3) is 0.684. The number of piperidine rings is 1. The molecular weight excluding hydrogens is 302 g/mol. The van der Waals surface area contributed by atoms with E-state index in [9.17, 15) is 0 Å². The zero-order chi connectivity index (χ0) is 16.9. The van der Waals surface area contributed by atoms with Gasteiger partial charge in [0.2, 0.25) is 0 Å². The van der Waals surface area contributed by atoms with Crippen LogP contribution in [0.4, 0.5) is 0 Å². The molecule has 2 N–H and O–H groups in total. The fourth-order valence-electron chi connectivity index (χ4n) is 4.29. The summed E-state index contributed by atoms with van der Waals surface area (Å²) in [5.74, 6) is 3.29. The summed E-state index contributed by atoms with van der Waals surface area (Å²) in [4.78, 5) is 2.56. The van der Waals surface area contributed by atoms with Crippen molar-refractivity contribution in [3.05, 3.63) is 23.8 Å². The molecule has 0 spiro atoms. The lowest BCUT2D eigenvalue weighted by molar-refractivity contribution is 0.129. The van der Waals surface area contributed by atoms with Crippen molar-refractivity contribution < 1.29 is 9.47 Å². The molecule has 2 aliphatic rings. The molecule has 0 bridgehead atoms. The molecule has 0 saturated carbocycles. The molecule has 2 heterocycles. The van der Waals surface area contributed by atoms with Gasteiger partial charge in [0.25, 0.3) is 0 Å². The van der Waals surface area contributed by atoms with Crippen molar-refractivity contribution in [2.24, 2.45) is 11.8 Å². The predicted octanol–water partition coefficient (Wildman–Crippen LogP) is 2.42. The molecule has 5 heteroatoms. The number of benzene rings is 1. The largest absolute Gasteiger partial charge is 0.496 e. The average molecular weight is 333 g/mol. The van der Waals surface area contributed by atoms with E-state index in [0.717, 1.165) is 49.2 Å². The molecule has 24 heavy (non-hydrogen) atoms. The van der Waals surface area contributed by atoms with Crippen LogP contribution in [-0.4, -0.2) is 44.8 Å². The lowest BCUT2D eigenvalue weighted by Gasteiger charge is -2.37. The first-order valence-corrected chi connectivity index (χ1v) is 9.17. The highest BCUT2D eigenvalue weighted by Crippen LogP contribution is 2.32. The van der Waals surface area contributed by atoms with Crippen molar-refractivity contribution in [3.63, 3.8) is 0 Å². The summed E-state index contributed by atoms with van der Waals surface area (Å²) in [6.45, 7) is 6.57. The van der Waals surface area contributed by atoms with Gasteiger partial charge < -0.3 is 9.47 Å². The molecule has 3 atom stereocenters. The van der Waals surface area contributed by atoms with Gasteiger partial charge >= 0.3 is 0 Å². The van der Waals surface area contributed by atoms with Crippen LogP contribution in [-0.2, 0) is 6.54 Å². The zero-order valence-electron chi connectivity index (χ0n) is 15.2. The summed E-state index contributed by atoms with van der Waals surface area (Å²) in [5.41, 5.74) is 8.05. The quantitative estimate of drug-likeness (QED) is 0.837. The first-order chi connectivity index (χ1) is 11.8. The Labute approximate surface area is 145 Å². The normalized spacial score (nSPS) is 28.0. The lowest BCUT2D eigenvalue weighted by Crippen LogP contribution is -2.46. The van der Waals surface area contributed by atoms with Crippen molar-refractivity contribution in [2.75, 3.05) is 33.9 Å². The molecule has 1 aromatic carbocycles. The molecule has 2 aliphatic heterocycles. The number of nitrogens with zero attached hydrogens (tertiary/aromatic N) is 1. The third-order valence-electron chi connectivity index (χ3n) is 5.63. The maximum atomic E-state index is 5.56. The van der Waals surface area contributed by atoms with E-state index in [0.29, 0.717) is 12.0 Å². The molecule has 0 aromatic heterocycles. The highest BCUT2D eigenvalue weighted by molar-refractivity contribution is 5.44. The Morgan fingerprint density at radius 1 is 1.21 bits per heavy atom. The van der Waals surface area contributed by atoms with Gasteiger partial charge in [0.15, 0.2) is 0 Å². The number of nitrogens with one attached hydrogen (secondary N) is 2. The summed E-state index contributed by atoms with van der Waals surface area (Å²) in [5, 5.41) is 0. The van der Waals surface area contributed by atoms with E-state index in [4.69, 9.17) is 9.47 Å². The van der Waals surface area contributed by atoms with Gasteiger partial charge in [0.05, 0.1) is 19.8 Å². The number of hydrazine groups is 1. The van der Waals surface area contributed by atoms with Gasteiger partial charge in [-0.05, 0) is 43.4 Å². The molecule has 2 fully saturated rings. The Morgan fingerprint density at radius 3 is 2.62 bits per heavy atom. The van der Waals surface area contributed by atoms with Crippen molar-refractivity contribution in [1.29, 1.82) is 0 Å². The van der Waals surface area contributed by atoms with E-state index in [1.807, 2.05) is 18.2 Å². The Morgan fingerprint density at radius 2 is 1.96 bits per heavy atom. The molecular formula is C19H31N3O2. The molecule has 5 nitrogen and oxygen atoms in total. The van der Waals surface area contributed by atoms with Gasteiger partial charge in [-0.3, -0.25) is 15.8 Å². The predicted molar refractivity (Wildman–Crippen MR) is 96.3 cm³/mol.